The molecule has 0 spiro atoms. The SMILES string of the molecule is COCCOCCNCCC(C)c1ccccc1. The van der Waals surface area contributed by atoms with Gasteiger partial charge in [0.25, 0.3) is 0 Å². The molecule has 0 heterocycles. The Morgan fingerprint density at radius 2 is 1.83 bits per heavy atom. The molecule has 0 amide bonds. The average molecular weight is 251 g/mol. The topological polar surface area (TPSA) is 30.5 Å². The largest absolute Gasteiger partial charge is 0.382 e. The summed E-state index contributed by atoms with van der Waals surface area (Å²) in [5.74, 6) is 0.605. The number of hydrogen-bond donors (Lipinski definition) is 1. The molecule has 0 aliphatic carbocycles. The molecule has 1 N–H and O–H groups in total. The molecule has 1 atom stereocenters. The van der Waals surface area contributed by atoms with E-state index in [1.165, 1.54) is 5.56 Å². The molecule has 0 bridgehead atoms. The second kappa shape index (κ2) is 10.1. The van der Waals surface area contributed by atoms with E-state index in [0.29, 0.717) is 19.1 Å². The zero-order valence-electron chi connectivity index (χ0n) is 11.5. The highest BCUT2D eigenvalue weighted by molar-refractivity contribution is 5.18. The van der Waals surface area contributed by atoms with Gasteiger partial charge in [-0.15, -0.1) is 0 Å². The third-order valence-electron chi connectivity index (χ3n) is 2.98. The molecule has 3 heteroatoms. The summed E-state index contributed by atoms with van der Waals surface area (Å²) in [5, 5.41) is 3.40. The summed E-state index contributed by atoms with van der Waals surface area (Å²) in [6.07, 6.45) is 1.15. The van der Waals surface area contributed by atoms with Crippen LogP contribution >= 0.6 is 0 Å². The first kappa shape index (κ1) is 15.2. The van der Waals surface area contributed by atoms with Crippen LogP contribution in [0, 0.1) is 0 Å². The van der Waals surface area contributed by atoms with Crippen molar-refractivity contribution in [1.29, 1.82) is 0 Å². The molecule has 0 saturated carbocycles. The standard InChI is InChI=1S/C15H25NO2/c1-14(15-6-4-3-5-7-15)8-9-16-10-11-18-13-12-17-2/h3-7,14,16H,8-13H2,1-2H3. The van der Waals surface area contributed by atoms with Gasteiger partial charge in [0, 0.05) is 13.7 Å². The van der Waals surface area contributed by atoms with Gasteiger partial charge in [-0.2, -0.15) is 0 Å². The molecule has 1 aromatic rings. The van der Waals surface area contributed by atoms with Crippen LogP contribution in [-0.2, 0) is 9.47 Å². The van der Waals surface area contributed by atoms with E-state index in [-0.39, 0.29) is 0 Å². The number of ether oxygens (including phenoxy) is 2. The maximum Gasteiger partial charge on any atom is 0.0700 e. The van der Waals surface area contributed by atoms with E-state index in [9.17, 15) is 0 Å². The Morgan fingerprint density at radius 3 is 2.56 bits per heavy atom. The first-order chi connectivity index (χ1) is 8.84. The fourth-order valence-electron chi connectivity index (χ4n) is 1.78. The highest BCUT2D eigenvalue weighted by Crippen LogP contribution is 2.17. The summed E-state index contributed by atoms with van der Waals surface area (Å²) < 4.78 is 10.3. The van der Waals surface area contributed by atoms with Crippen LogP contribution in [0.1, 0.15) is 24.8 Å². The summed E-state index contributed by atoms with van der Waals surface area (Å²) >= 11 is 0. The van der Waals surface area contributed by atoms with Gasteiger partial charge in [0.05, 0.1) is 19.8 Å². The van der Waals surface area contributed by atoms with Crippen LogP contribution in [0.4, 0.5) is 0 Å². The normalized spacial score (nSPS) is 12.6. The lowest BCUT2D eigenvalue weighted by Gasteiger charge is -2.12. The molecular formula is C15H25NO2. The van der Waals surface area contributed by atoms with E-state index < -0.39 is 0 Å². The zero-order valence-corrected chi connectivity index (χ0v) is 11.5. The molecular weight excluding hydrogens is 226 g/mol. The van der Waals surface area contributed by atoms with Gasteiger partial charge in [-0.3, -0.25) is 0 Å². The van der Waals surface area contributed by atoms with E-state index in [4.69, 9.17) is 9.47 Å². The summed E-state index contributed by atoms with van der Waals surface area (Å²) in [6, 6.07) is 10.6. The molecule has 0 radical (unpaired) electrons. The lowest BCUT2D eigenvalue weighted by atomic mass is 9.98. The van der Waals surface area contributed by atoms with E-state index >= 15 is 0 Å². The summed E-state index contributed by atoms with van der Waals surface area (Å²) in [7, 11) is 1.69. The fraction of sp³-hybridized carbons (Fsp3) is 0.600. The second-order valence-electron chi connectivity index (χ2n) is 4.46. The molecule has 0 fully saturated rings. The van der Waals surface area contributed by atoms with Crippen molar-refractivity contribution in [2.75, 3.05) is 40.0 Å². The molecule has 0 aliphatic rings. The Bertz CT molecular complexity index is 290. The number of methoxy groups -OCH3 is 1. The van der Waals surface area contributed by atoms with Crippen molar-refractivity contribution in [2.24, 2.45) is 0 Å². The predicted molar refractivity (Wildman–Crippen MR) is 75.0 cm³/mol. The van der Waals surface area contributed by atoms with Crippen molar-refractivity contribution in [3.05, 3.63) is 35.9 Å². The van der Waals surface area contributed by atoms with Crippen molar-refractivity contribution in [1.82, 2.24) is 5.32 Å². The van der Waals surface area contributed by atoms with Crippen molar-refractivity contribution in [3.63, 3.8) is 0 Å². The Morgan fingerprint density at radius 1 is 1.06 bits per heavy atom. The van der Waals surface area contributed by atoms with Crippen molar-refractivity contribution in [3.8, 4) is 0 Å². The third kappa shape index (κ3) is 6.74. The van der Waals surface area contributed by atoms with Crippen LogP contribution in [0.2, 0.25) is 0 Å². The lowest BCUT2D eigenvalue weighted by molar-refractivity contribution is 0.0720. The van der Waals surface area contributed by atoms with Crippen LogP contribution in [-0.4, -0.2) is 40.0 Å². The van der Waals surface area contributed by atoms with Gasteiger partial charge >= 0.3 is 0 Å². The van der Waals surface area contributed by atoms with Gasteiger partial charge in [0.2, 0.25) is 0 Å². The van der Waals surface area contributed by atoms with E-state index in [1.54, 1.807) is 7.11 Å². The van der Waals surface area contributed by atoms with Crippen LogP contribution in [0.3, 0.4) is 0 Å². The van der Waals surface area contributed by atoms with E-state index in [0.717, 1.165) is 26.1 Å². The molecule has 0 saturated heterocycles. The van der Waals surface area contributed by atoms with Crippen LogP contribution in [0.5, 0.6) is 0 Å². The van der Waals surface area contributed by atoms with E-state index in [1.807, 2.05) is 0 Å². The highest BCUT2D eigenvalue weighted by Gasteiger charge is 2.03. The Balaban J connectivity index is 1.98. The third-order valence-corrected chi connectivity index (χ3v) is 2.98. The first-order valence-electron chi connectivity index (χ1n) is 6.67. The smallest absolute Gasteiger partial charge is 0.0700 e. The molecule has 18 heavy (non-hydrogen) atoms. The van der Waals surface area contributed by atoms with Gasteiger partial charge in [0.15, 0.2) is 0 Å². The minimum atomic E-state index is 0.605. The Kier molecular flexibility index (Phi) is 8.47. The Labute approximate surface area is 110 Å². The van der Waals surface area contributed by atoms with Crippen molar-refractivity contribution in [2.45, 2.75) is 19.3 Å². The molecule has 102 valence electrons. The Hall–Kier alpha value is -0.900. The highest BCUT2D eigenvalue weighted by atomic mass is 16.5. The molecule has 0 aliphatic heterocycles. The number of benzene rings is 1. The average Bonchev–Trinajstić information content (AvgIpc) is 2.42. The van der Waals surface area contributed by atoms with Crippen LogP contribution in [0.15, 0.2) is 30.3 Å². The van der Waals surface area contributed by atoms with Crippen molar-refractivity contribution >= 4 is 0 Å². The number of nitrogens with one attached hydrogen (secondary N) is 1. The maximum atomic E-state index is 5.38. The van der Waals surface area contributed by atoms with Gasteiger partial charge in [-0.05, 0) is 24.4 Å². The minimum absolute atomic E-state index is 0.605. The van der Waals surface area contributed by atoms with Gasteiger partial charge in [0.1, 0.15) is 0 Å². The molecule has 1 rings (SSSR count). The number of hydrogen-bond acceptors (Lipinski definition) is 3. The monoisotopic (exact) mass is 251 g/mol. The number of rotatable bonds is 10. The molecule has 0 aromatic heterocycles. The summed E-state index contributed by atoms with van der Waals surface area (Å²) in [5.41, 5.74) is 1.41. The maximum absolute atomic E-state index is 5.38. The minimum Gasteiger partial charge on any atom is -0.382 e. The predicted octanol–water partition coefficient (Wildman–Crippen LogP) is 2.43. The molecule has 1 unspecified atom stereocenters. The van der Waals surface area contributed by atoms with Crippen LogP contribution in [0.25, 0.3) is 0 Å². The zero-order chi connectivity index (χ0) is 13.1. The first-order valence-corrected chi connectivity index (χ1v) is 6.67. The van der Waals surface area contributed by atoms with Crippen molar-refractivity contribution < 1.29 is 9.47 Å². The lowest BCUT2D eigenvalue weighted by Crippen LogP contribution is -2.22. The van der Waals surface area contributed by atoms with Crippen LogP contribution < -0.4 is 5.32 Å². The quantitative estimate of drug-likeness (QED) is 0.648. The summed E-state index contributed by atoms with van der Waals surface area (Å²) in [6.45, 7) is 6.31. The molecule has 1 aromatic carbocycles. The van der Waals surface area contributed by atoms with Gasteiger partial charge in [-0.1, -0.05) is 37.3 Å². The second-order valence-corrected chi connectivity index (χ2v) is 4.46. The van der Waals surface area contributed by atoms with Gasteiger partial charge < -0.3 is 14.8 Å². The fourth-order valence-corrected chi connectivity index (χ4v) is 1.78. The molecule has 3 nitrogen and oxygen atoms in total. The van der Waals surface area contributed by atoms with E-state index in [2.05, 4.69) is 42.6 Å². The van der Waals surface area contributed by atoms with Gasteiger partial charge in [-0.25, -0.2) is 0 Å². The summed E-state index contributed by atoms with van der Waals surface area (Å²) in [4.78, 5) is 0.